The maximum absolute atomic E-state index is 9.49. The van der Waals surface area contributed by atoms with Gasteiger partial charge in [0.2, 0.25) is 0 Å². The second kappa shape index (κ2) is 5.56. The van der Waals surface area contributed by atoms with Crippen molar-refractivity contribution in [2.45, 2.75) is 5.92 Å². The van der Waals surface area contributed by atoms with Gasteiger partial charge >= 0.3 is 0 Å². The van der Waals surface area contributed by atoms with E-state index in [4.69, 9.17) is 9.47 Å². The van der Waals surface area contributed by atoms with Crippen molar-refractivity contribution >= 4 is 15.9 Å². The van der Waals surface area contributed by atoms with E-state index < -0.39 is 0 Å². The molecule has 3 nitrogen and oxygen atoms in total. The highest BCUT2D eigenvalue weighted by atomic mass is 79.9. The Hall–Kier alpha value is -1.99. The molecule has 0 amide bonds. The Morgan fingerprint density at radius 3 is 2.50 bits per heavy atom. The molecule has 2 aromatic rings. The molecule has 3 rings (SSSR count). The summed E-state index contributed by atoms with van der Waals surface area (Å²) in [7, 11) is 0. The average molecular weight is 330 g/mol. The molecule has 100 valence electrons. The molecule has 0 N–H and O–H groups in total. The second-order valence-electron chi connectivity index (χ2n) is 4.52. The number of fused-ring (bicyclic) bond motifs is 1. The van der Waals surface area contributed by atoms with Crippen LogP contribution in [0.2, 0.25) is 0 Å². The molecule has 0 aromatic heterocycles. The lowest BCUT2D eigenvalue weighted by Crippen LogP contribution is -2.15. The van der Waals surface area contributed by atoms with E-state index >= 15 is 0 Å². The molecular weight excluding hydrogens is 318 g/mol. The van der Waals surface area contributed by atoms with Crippen LogP contribution in [-0.4, -0.2) is 13.2 Å². The normalized spacial score (nSPS) is 14.4. The van der Waals surface area contributed by atoms with Crippen LogP contribution in [0.1, 0.15) is 17.0 Å². The first kappa shape index (κ1) is 13.0. The average Bonchev–Trinajstić information content (AvgIpc) is 2.48. The van der Waals surface area contributed by atoms with E-state index in [9.17, 15) is 5.26 Å². The zero-order valence-corrected chi connectivity index (χ0v) is 12.3. The van der Waals surface area contributed by atoms with Crippen LogP contribution in [0.25, 0.3) is 0 Å². The van der Waals surface area contributed by atoms with Crippen LogP contribution in [0, 0.1) is 11.3 Å². The van der Waals surface area contributed by atoms with Crippen LogP contribution in [0.3, 0.4) is 0 Å². The molecule has 0 radical (unpaired) electrons. The third-order valence-corrected chi connectivity index (χ3v) is 3.70. The molecule has 0 spiro atoms. The van der Waals surface area contributed by atoms with Gasteiger partial charge in [-0.1, -0.05) is 34.1 Å². The summed E-state index contributed by atoms with van der Waals surface area (Å²) in [5.74, 6) is 1.14. The fourth-order valence-corrected chi connectivity index (χ4v) is 2.68. The van der Waals surface area contributed by atoms with Crippen LogP contribution >= 0.6 is 15.9 Å². The zero-order valence-electron chi connectivity index (χ0n) is 10.7. The lowest BCUT2D eigenvalue weighted by Gasteiger charge is -2.20. The van der Waals surface area contributed by atoms with Crippen molar-refractivity contribution in [1.82, 2.24) is 0 Å². The molecule has 1 heterocycles. The Bertz CT molecular complexity index is 678. The highest BCUT2D eigenvalue weighted by Gasteiger charge is 2.18. The topological polar surface area (TPSA) is 42.2 Å². The van der Waals surface area contributed by atoms with Crippen LogP contribution in [0.4, 0.5) is 0 Å². The minimum atomic E-state index is -0.316. The predicted molar refractivity (Wildman–Crippen MR) is 79.0 cm³/mol. The summed E-state index contributed by atoms with van der Waals surface area (Å²) in [6.07, 6.45) is 0. The minimum Gasteiger partial charge on any atom is -0.486 e. The van der Waals surface area contributed by atoms with E-state index in [0.717, 1.165) is 21.3 Å². The van der Waals surface area contributed by atoms with Gasteiger partial charge in [0.15, 0.2) is 11.5 Å². The van der Waals surface area contributed by atoms with Gasteiger partial charge in [0.25, 0.3) is 0 Å². The van der Waals surface area contributed by atoms with Crippen molar-refractivity contribution in [3.8, 4) is 17.6 Å². The Balaban J connectivity index is 2.00. The Morgan fingerprint density at radius 1 is 1.00 bits per heavy atom. The summed E-state index contributed by atoms with van der Waals surface area (Å²) in [6, 6.07) is 15.8. The number of halogens is 1. The first-order chi connectivity index (χ1) is 9.78. The number of hydrogen-bond donors (Lipinski definition) is 0. The number of ether oxygens (including phenoxy) is 2. The first-order valence-electron chi connectivity index (χ1n) is 6.32. The van der Waals surface area contributed by atoms with E-state index in [2.05, 4.69) is 22.0 Å². The lowest BCUT2D eigenvalue weighted by molar-refractivity contribution is 0.171. The monoisotopic (exact) mass is 329 g/mol. The zero-order chi connectivity index (χ0) is 13.9. The van der Waals surface area contributed by atoms with Crippen LogP contribution in [0.5, 0.6) is 11.5 Å². The highest BCUT2D eigenvalue weighted by molar-refractivity contribution is 9.10. The number of rotatable bonds is 2. The molecule has 0 fully saturated rings. The smallest absolute Gasteiger partial charge is 0.161 e. The van der Waals surface area contributed by atoms with Gasteiger partial charge < -0.3 is 9.47 Å². The lowest BCUT2D eigenvalue weighted by atomic mass is 9.92. The molecule has 1 atom stereocenters. The SMILES string of the molecule is N#CC(c1cccc(Br)c1)c1ccc2c(c1)OCCO2. The van der Waals surface area contributed by atoms with Crippen LogP contribution < -0.4 is 9.47 Å². The number of nitrogens with zero attached hydrogens (tertiary/aromatic N) is 1. The van der Waals surface area contributed by atoms with Crippen LogP contribution in [-0.2, 0) is 0 Å². The van der Waals surface area contributed by atoms with Gasteiger partial charge in [0.05, 0.1) is 12.0 Å². The fraction of sp³-hybridized carbons (Fsp3) is 0.188. The van der Waals surface area contributed by atoms with E-state index in [0.29, 0.717) is 19.0 Å². The third-order valence-electron chi connectivity index (χ3n) is 3.21. The highest BCUT2D eigenvalue weighted by Crippen LogP contribution is 2.35. The van der Waals surface area contributed by atoms with Crippen molar-refractivity contribution in [3.05, 3.63) is 58.1 Å². The van der Waals surface area contributed by atoms with Gasteiger partial charge in [-0.25, -0.2) is 0 Å². The van der Waals surface area contributed by atoms with Crippen molar-refractivity contribution in [3.63, 3.8) is 0 Å². The molecule has 4 heteroatoms. The molecule has 0 bridgehead atoms. The largest absolute Gasteiger partial charge is 0.486 e. The van der Waals surface area contributed by atoms with Gasteiger partial charge in [-0.05, 0) is 35.4 Å². The molecule has 1 aliphatic heterocycles. The van der Waals surface area contributed by atoms with Crippen molar-refractivity contribution < 1.29 is 9.47 Å². The summed E-state index contributed by atoms with van der Waals surface area (Å²) in [5, 5.41) is 9.49. The fourth-order valence-electron chi connectivity index (χ4n) is 2.27. The Kier molecular flexibility index (Phi) is 3.62. The van der Waals surface area contributed by atoms with Gasteiger partial charge in [0.1, 0.15) is 13.2 Å². The first-order valence-corrected chi connectivity index (χ1v) is 7.12. The predicted octanol–water partition coefficient (Wildman–Crippen LogP) is 3.88. The number of hydrogen-bond acceptors (Lipinski definition) is 3. The summed E-state index contributed by atoms with van der Waals surface area (Å²) >= 11 is 3.44. The molecule has 1 unspecified atom stereocenters. The maximum atomic E-state index is 9.49. The summed E-state index contributed by atoms with van der Waals surface area (Å²) in [4.78, 5) is 0. The van der Waals surface area contributed by atoms with Crippen molar-refractivity contribution in [2.75, 3.05) is 13.2 Å². The second-order valence-corrected chi connectivity index (χ2v) is 5.44. The standard InChI is InChI=1S/C16H12BrNO2/c17-13-3-1-2-11(8-13)14(10-18)12-4-5-15-16(9-12)20-7-6-19-15/h1-5,8-9,14H,6-7H2. The van der Waals surface area contributed by atoms with Gasteiger partial charge in [0, 0.05) is 4.47 Å². The van der Waals surface area contributed by atoms with E-state index in [1.807, 2.05) is 42.5 Å². The van der Waals surface area contributed by atoms with Gasteiger partial charge in [-0.2, -0.15) is 5.26 Å². The molecule has 20 heavy (non-hydrogen) atoms. The van der Waals surface area contributed by atoms with Crippen LogP contribution in [0.15, 0.2) is 46.9 Å². The molecule has 0 aliphatic carbocycles. The third kappa shape index (κ3) is 2.50. The van der Waals surface area contributed by atoms with E-state index in [1.165, 1.54) is 0 Å². The quantitative estimate of drug-likeness (QED) is 0.839. The number of nitriles is 1. The van der Waals surface area contributed by atoms with E-state index in [-0.39, 0.29) is 5.92 Å². The summed E-state index contributed by atoms with van der Waals surface area (Å²) in [6.45, 7) is 1.12. The molecule has 2 aromatic carbocycles. The molecular formula is C16H12BrNO2. The maximum Gasteiger partial charge on any atom is 0.161 e. The van der Waals surface area contributed by atoms with E-state index in [1.54, 1.807) is 0 Å². The minimum absolute atomic E-state index is 0.316. The Labute approximate surface area is 125 Å². The van der Waals surface area contributed by atoms with Gasteiger partial charge in [-0.15, -0.1) is 0 Å². The van der Waals surface area contributed by atoms with Crippen molar-refractivity contribution in [1.29, 1.82) is 5.26 Å². The van der Waals surface area contributed by atoms with Crippen molar-refractivity contribution in [2.24, 2.45) is 0 Å². The Morgan fingerprint density at radius 2 is 1.75 bits per heavy atom. The molecule has 1 aliphatic rings. The van der Waals surface area contributed by atoms with Gasteiger partial charge in [-0.3, -0.25) is 0 Å². The molecule has 0 saturated carbocycles. The molecule has 0 saturated heterocycles. The summed E-state index contributed by atoms with van der Waals surface area (Å²) < 4.78 is 12.0. The summed E-state index contributed by atoms with van der Waals surface area (Å²) in [5.41, 5.74) is 1.87. The number of benzene rings is 2.